The van der Waals surface area contributed by atoms with Gasteiger partial charge in [0.2, 0.25) is 11.2 Å². The molecule has 1 N–H and O–H groups in total. The predicted molar refractivity (Wildman–Crippen MR) is 104 cm³/mol. The van der Waals surface area contributed by atoms with Crippen molar-refractivity contribution in [1.29, 1.82) is 0 Å². The first-order chi connectivity index (χ1) is 12.7. The van der Waals surface area contributed by atoms with Crippen molar-refractivity contribution in [2.24, 2.45) is 0 Å². The highest BCUT2D eigenvalue weighted by atomic mass is 16.5. The highest BCUT2D eigenvalue weighted by molar-refractivity contribution is 5.78. The molecule has 6 heteroatoms. The third kappa shape index (κ3) is 4.70. The second kappa shape index (κ2) is 7.47. The Morgan fingerprint density at radius 3 is 2.78 bits per heavy atom. The maximum atomic E-state index is 12.3. The van der Waals surface area contributed by atoms with E-state index in [-0.39, 0.29) is 29.2 Å². The number of rotatable bonds is 5. The van der Waals surface area contributed by atoms with Gasteiger partial charge in [-0.25, -0.2) is 0 Å². The molecular formula is C21H26N2O4. The lowest BCUT2D eigenvalue weighted by Crippen LogP contribution is -2.43. The van der Waals surface area contributed by atoms with Crippen molar-refractivity contribution in [3.8, 4) is 5.75 Å². The van der Waals surface area contributed by atoms with E-state index in [0.29, 0.717) is 18.3 Å². The number of fused-ring (bicyclic) bond motifs is 1. The summed E-state index contributed by atoms with van der Waals surface area (Å²) in [7, 11) is 0. The first-order valence-corrected chi connectivity index (χ1v) is 9.13. The summed E-state index contributed by atoms with van der Waals surface area (Å²) in [6.45, 7) is 8.09. The minimum atomic E-state index is -0.350. The van der Waals surface area contributed by atoms with Crippen LogP contribution in [-0.2, 0) is 17.8 Å². The minimum Gasteiger partial charge on any atom is -0.477 e. The lowest BCUT2D eigenvalue weighted by molar-refractivity contribution is -0.124. The molecule has 0 fully saturated rings. The summed E-state index contributed by atoms with van der Waals surface area (Å²) in [4.78, 5) is 26.3. The van der Waals surface area contributed by atoms with Crippen LogP contribution in [0.2, 0.25) is 0 Å². The van der Waals surface area contributed by atoms with E-state index in [4.69, 9.17) is 9.15 Å². The Hall–Kier alpha value is -2.76. The van der Waals surface area contributed by atoms with Crippen molar-refractivity contribution in [2.75, 3.05) is 11.5 Å². The van der Waals surface area contributed by atoms with Crippen LogP contribution in [-0.4, -0.2) is 24.1 Å². The number of para-hydroxylation sites is 1. The molecule has 3 rings (SSSR count). The van der Waals surface area contributed by atoms with Crippen LogP contribution < -0.4 is 20.4 Å². The van der Waals surface area contributed by atoms with E-state index < -0.39 is 0 Å². The van der Waals surface area contributed by atoms with Gasteiger partial charge < -0.3 is 19.4 Å². The van der Waals surface area contributed by atoms with Crippen LogP contribution in [0.1, 0.15) is 39.0 Å². The van der Waals surface area contributed by atoms with Crippen LogP contribution in [0.25, 0.3) is 0 Å². The summed E-state index contributed by atoms with van der Waals surface area (Å²) in [6.07, 6.45) is 2.26. The molecule has 27 heavy (non-hydrogen) atoms. The molecule has 0 saturated heterocycles. The monoisotopic (exact) mass is 370 g/mol. The summed E-state index contributed by atoms with van der Waals surface area (Å²) < 4.78 is 10.9. The van der Waals surface area contributed by atoms with Crippen molar-refractivity contribution in [3.63, 3.8) is 0 Å². The van der Waals surface area contributed by atoms with Crippen molar-refractivity contribution < 1.29 is 13.9 Å². The number of amides is 1. The standard InChI is InChI=1S/C21H26N2O4/c1-14-9-15-7-5-6-8-17(15)23(14)11-16-10-18(24)19(12-26-16)27-13-20(25)22-21(2,3)4/h5-8,10,12,14H,9,11,13H2,1-4H3,(H,22,25)/t14-/m1/s1. The number of benzene rings is 1. The van der Waals surface area contributed by atoms with Gasteiger partial charge in [0, 0.05) is 23.3 Å². The summed E-state index contributed by atoms with van der Waals surface area (Å²) in [5.74, 6) is 0.321. The molecule has 0 unspecified atom stereocenters. The Morgan fingerprint density at radius 2 is 2.07 bits per heavy atom. The maximum Gasteiger partial charge on any atom is 0.258 e. The minimum absolute atomic E-state index is 0.0395. The third-order valence-electron chi connectivity index (χ3n) is 4.40. The molecule has 2 aromatic rings. The summed E-state index contributed by atoms with van der Waals surface area (Å²) in [6, 6.07) is 10.0. The zero-order valence-electron chi connectivity index (χ0n) is 16.2. The Morgan fingerprint density at radius 1 is 1.33 bits per heavy atom. The van der Waals surface area contributed by atoms with Gasteiger partial charge in [-0.05, 0) is 45.7 Å². The Kier molecular flexibility index (Phi) is 5.26. The topological polar surface area (TPSA) is 71.8 Å². The van der Waals surface area contributed by atoms with Crippen molar-refractivity contribution in [1.82, 2.24) is 5.32 Å². The second-order valence-electron chi connectivity index (χ2n) is 7.97. The molecule has 1 atom stereocenters. The van der Waals surface area contributed by atoms with Crippen LogP contribution >= 0.6 is 0 Å². The van der Waals surface area contributed by atoms with Crippen LogP contribution in [0.3, 0.4) is 0 Å². The Balaban J connectivity index is 1.65. The fourth-order valence-electron chi connectivity index (χ4n) is 3.26. The first kappa shape index (κ1) is 19.0. The van der Waals surface area contributed by atoms with E-state index >= 15 is 0 Å². The summed E-state index contributed by atoms with van der Waals surface area (Å²) in [5.41, 5.74) is 1.83. The first-order valence-electron chi connectivity index (χ1n) is 9.13. The van der Waals surface area contributed by atoms with E-state index in [1.165, 1.54) is 23.6 Å². The average molecular weight is 370 g/mol. The molecule has 144 valence electrons. The van der Waals surface area contributed by atoms with Crippen molar-refractivity contribution in [3.05, 3.63) is 58.1 Å². The van der Waals surface area contributed by atoms with Gasteiger partial charge in [0.05, 0.1) is 6.54 Å². The van der Waals surface area contributed by atoms with Gasteiger partial charge in [-0.2, -0.15) is 0 Å². The van der Waals surface area contributed by atoms with Gasteiger partial charge in [0.15, 0.2) is 6.61 Å². The second-order valence-corrected chi connectivity index (χ2v) is 7.97. The molecule has 0 aliphatic carbocycles. The number of hydrogen-bond donors (Lipinski definition) is 1. The fourth-order valence-corrected chi connectivity index (χ4v) is 3.26. The van der Waals surface area contributed by atoms with E-state index in [1.807, 2.05) is 32.9 Å². The largest absolute Gasteiger partial charge is 0.477 e. The highest BCUT2D eigenvalue weighted by Crippen LogP contribution is 2.32. The molecule has 0 spiro atoms. The van der Waals surface area contributed by atoms with Gasteiger partial charge in [-0.1, -0.05) is 18.2 Å². The average Bonchev–Trinajstić information content (AvgIpc) is 2.88. The highest BCUT2D eigenvalue weighted by Gasteiger charge is 2.26. The van der Waals surface area contributed by atoms with Gasteiger partial charge in [-0.3, -0.25) is 9.59 Å². The van der Waals surface area contributed by atoms with E-state index in [0.717, 1.165) is 6.42 Å². The maximum absolute atomic E-state index is 12.3. The fraction of sp³-hybridized carbons (Fsp3) is 0.429. The third-order valence-corrected chi connectivity index (χ3v) is 4.40. The molecular weight excluding hydrogens is 344 g/mol. The quantitative estimate of drug-likeness (QED) is 0.876. The smallest absolute Gasteiger partial charge is 0.258 e. The molecule has 1 aromatic carbocycles. The van der Waals surface area contributed by atoms with E-state index in [9.17, 15) is 9.59 Å². The van der Waals surface area contributed by atoms with Crippen molar-refractivity contribution in [2.45, 2.75) is 52.2 Å². The molecule has 0 bridgehead atoms. The molecule has 6 nitrogen and oxygen atoms in total. The predicted octanol–water partition coefficient (Wildman–Crippen LogP) is 2.88. The number of carbonyl (C=O) groups is 1. The lowest BCUT2D eigenvalue weighted by atomic mass is 10.1. The molecule has 1 aromatic heterocycles. The van der Waals surface area contributed by atoms with Crippen LogP contribution in [0.4, 0.5) is 5.69 Å². The SMILES string of the molecule is C[C@@H]1Cc2ccccc2N1Cc1cc(=O)c(OCC(=O)NC(C)(C)C)co1. The summed E-state index contributed by atoms with van der Waals surface area (Å²) >= 11 is 0. The molecule has 0 saturated carbocycles. The van der Waals surface area contributed by atoms with Crippen LogP contribution in [0.15, 0.2) is 45.8 Å². The molecule has 0 radical (unpaired) electrons. The Labute approximate surface area is 159 Å². The Bertz CT molecular complexity index is 882. The van der Waals surface area contributed by atoms with E-state index in [2.05, 4.69) is 29.3 Å². The summed E-state index contributed by atoms with van der Waals surface area (Å²) in [5, 5.41) is 2.78. The molecule has 1 aliphatic rings. The number of carbonyl (C=O) groups excluding carboxylic acids is 1. The molecule has 2 heterocycles. The zero-order valence-corrected chi connectivity index (χ0v) is 16.2. The van der Waals surface area contributed by atoms with E-state index in [1.54, 1.807) is 0 Å². The number of anilines is 1. The van der Waals surface area contributed by atoms with Gasteiger partial charge in [0.1, 0.15) is 12.0 Å². The van der Waals surface area contributed by atoms with Crippen LogP contribution in [0.5, 0.6) is 5.75 Å². The molecule has 1 aliphatic heterocycles. The molecule has 1 amide bonds. The number of nitrogens with zero attached hydrogens (tertiary/aromatic N) is 1. The van der Waals surface area contributed by atoms with Crippen molar-refractivity contribution >= 4 is 11.6 Å². The van der Waals surface area contributed by atoms with Gasteiger partial charge in [-0.15, -0.1) is 0 Å². The van der Waals surface area contributed by atoms with Gasteiger partial charge in [0.25, 0.3) is 5.91 Å². The number of nitrogens with one attached hydrogen (secondary N) is 1. The lowest BCUT2D eigenvalue weighted by Gasteiger charge is -2.24. The number of ether oxygens (including phenoxy) is 1. The number of hydrogen-bond acceptors (Lipinski definition) is 5. The zero-order chi connectivity index (χ0) is 19.6. The van der Waals surface area contributed by atoms with Crippen LogP contribution in [0, 0.1) is 0 Å². The normalized spacial score (nSPS) is 16.1. The van der Waals surface area contributed by atoms with Gasteiger partial charge >= 0.3 is 0 Å².